The predicted molar refractivity (Wildman–Crippen MR) is 44.8 cm³/mol. The minimum atomic E-state index is 0.0628. The fourth-order valence-electron chi connectivity index (χ4n) is 0.792. The van der Waals surface area contributed by atoms with Gasteiger partial charge in [0.15, 0.2) is 0 Å². The average molecular weight is 198 g/mol. The van der Waals surface area contributed by atoms with Crippen LogP contribution >= 0.6 is 15.9 Å². The van der Waals surface area contributed by atoms with Crippen molar-refractivity contribution in [1.29, 1.82) is 5.26 Å². The normalized spacial score (nSPS) is 31.1. The highest BCUT2D eigenvalue weighted by atomic mass is 79.9. The molecule has 0 aromatic rings. The van der Waals surface area contributed by atoms with Gasteiger partial charge < -0.3 is 0 Å². The Morgan fingerprint density at radius 1 is 1.80 bits per heavy atom. The van der Waals surface area contributed by atoms with E-state index in [-0.39, 0.29) is 4.32 Å². The summed E-state index contributed by atoms with van der Waals surface area (Å²) in [6.07, 6.45) is 6.69. The molecule has 52 valence electrons. The standard InChI is InChI=1S/C8H8BrN/c1-8(9)4-2-7(6-10)3-5-8/h2-4H,5H2,1H3. The lowest BCUT2D eigenvalue weighted by Crippen LogP contribution is -2.12. The van der Waals surface area contributed by atoms with Gasteiger partial charge in [-0.05, 0) is 19.4 Å². The maximum absolute atomic E-state index is 8.48. The van der Waals surface area contributed by atoms with Crippen LogP contribution in [0.2, 0.25) is 0 Å². The zero-order chi connectivity index (χ0) is 7.61. The summed E-state index contributed by atoms with van der Waals surface area (Å²) in [6, 6.07) is 2.10. The minimum Gasteiger partial charge on any atom is -0.192 e. The molecule has 1 rings (SSSR count). The molecule has 1 aliphatic carbocycles. The van der Waals surface area contributed by atoms with Gasteiger partial charge in [-0.1, -0.05) is 28.1 Å². The zero-order valence-corrected chi connectivity index (χ0v) is 7.35. The largest absolute Gasteiger partial charge is 0.192 e. The molecule has 0 saturated heterocycles. The summed E-state index contributed by atoms with van der Waals surface area (Å²) in [5.74, 6) is 0. The molecule has 10 heavy (non-hydrogen) atoms. The lowest BCUT2D eigenvalue weighted by atomic mass is 9.99. The Labute approximate surface area is 69.2 Å². The molecule has 1 nitrogen and oxygen atoms in total. The van der Waals surface area contributed by atoms with Gasteiger partial charge in [0.1, 0.15) is 0 Å². The summed E-state index contributed by atoms with van der Waals surface area (Å²) in [6.45, 7) is 2.08. The van der Waals surface area contributed by atoms with Gasteiger partial charge in [0.2, 0.25) is 0 Å². The minimum absolute atomic E-state index is 0.0628. The smallest absolute Gasteiger partial charge is 0.0988 e. The van der Waals surface area contributed by atoms with Gasteiger partial charge in [0.25, 0.3) is 0 Å². The van der Waals surface area contributed by atoms with Gasteiger partial charge in [0.05, 0.1) is 6.07 Å². The molecule has 0 spiro atoms. The first-order valence-corrected chi connectivity index (χ1v) is 3.92. The van der Waals surface area contributed by atoms with E-state index >= 15 is 0 Å². The first kappa shape index (κ1) is 7.56. The number of allylic oxidation sites excluding steroid dienone is 4. The number of nitriles is 1. The third kappa shape index (κ3) is 1.71. The monoisotopic (exact) mass is 197 g/mol. The molecular formula is C8H8BrN. The van der Waals surface area contributed by atoms with Crippen LogP contribution < -0.4 is 0 Å². The topological polar surface area (TPSA) is 23.8 Å². The third-order valence-corrected chi connectivity index (χ3v) is 2.05. The van der Waals surface area contributed by atoms with Crippen LogP contribution in [0, 0.1) is 11.3 Å². The van der Waals surface area contributed by atoms with Crippen molar-refractivity contribution < 1.29 is 0 Å². The van der Waals surface area contributed by atoms with E-state index in [9.17, 15) is 0 Å². The second-order valence-corrected chi connectivity index (χ2v) is 4.40. The second kappa shape index (κ2) is 2.59. The van der Waals surface area contributed by atoms with Crippen molar-refractivity contribution in [2.24, 2.45) is 0 Å². The molecule has 0 N–H and O–H groups in total. The van der Waals surface area contributed by atoms with Crippen LogP contribution in [-0.4, -0.2) is 4.32 Å². The molecule has 0 aliphatic heterocycles. The van der Waals surface area contributed by atoms with E-state index in [2.05, 4.69) is 28.9 Å². The number of nitrogens with zero attached hydrogens (tertiary/aromatic N) is 1. The Kier molecular flexibility index (Phi) is 1.96. The van der Waals surface area contributed by atoms with Crippen LogP contribution in [-0.2, 0) is 0 Å². The Bertz CT molecular complexity index is 230. The van der Waals surface area contributed by atoms with Crippen LogP contribution in [0.5, 0.6) is 0 Å². The van der Waals surface area contributed by atoms with E-state index in [4.69, 9.17) is 5.26 Å². The van der Waals surface area contributed by atoms with Crippen LogP contribution in [0.15, 0.2) is 23.8 Å². The van der Waals surface area contributed by atoms with Crippen LogP contribution in [0.3, 0.4) is 0 Å². The second-order valence-electron chi connectivity index (χ2n) is 2.59. The molecule has 0 heterocycles. The Balaban J connectivity index is 2.75. The number of rotatable bonds is 0. The van der Waals surface area contributed by atoms with Crippen molar-refractivity contribution in [2.75, 3.05) is 0 Å². The molecule has 0 aromatic heterocycles. The van der Waals surface area contributed by atoms with Gasteiger partial charge in [-0.2, -0.15) is 5.26 Å². The van der Waals surface area contributed by atoms with E-state index in [1.807, 2.05) is 18.2 Å². The number of alkyl halides is 1. The molecule has 0 aromatic carbocycles. The molecule has 0 fully saturated rings. The fourth-order valence-corrected chi connectivity index (χ4v) is 1.09. The lowest BCUT2D eigenvalue weighted by molar-refractivity contribution is 0.811. The summed E-state index contributed by atoms with van der Waals surface area (Å²) < 4.78 is 0.0628. The van der Waals surface area contributed by atoms with Crippen molar-refractivity contribution in [1.82, 2.24) is 0 Å². The van der Waals surface area contributed by atoms with Crippen molar-refractivity contribution in [2.45, 2.75) is 17.7 Å². The van der Waals surface area contributed by atoms with Crippen molar-refractivity contribution in [3.05, 3.63) is 23.8 Å². The summed E-state index contributed by atoms with van der Waals surface area (Å²) in [7, 11) is 0. The molecule has 1 aliphatic rings. The Morgan fingerprint density at radius 3 is 2.90 bits per heavy atom. The zero-order valence-electron chi connectivity index (χ0n) is 5.76. The average Bonchev–Trinajstić information content (AvgIpc) is 1.88. The van der Waals surface area contributed by atoms with Gasteiger partial charge in [-0.15, -0.1) is 0 Å². The van der Waals surface area contributed by atoms with E-state index in [0.717, 1.165) is 12.0 Å². The quantitative estimate of drug-likeness (QED) is 0.548. The number of hydrogen-bond donors (Lipinski definition) is 0. The van der Waals surface area contributed by atoms with Gasteiger partial charge in [-0.3, -0.25) is 0 Å². The van der Waals surface area contributed by atoms with Gasteiger partial charge >= 0.3 is 0 Å². The molecule has 0 amide bonds. The lowest BCUT2D eigenvalue weighted by Gasteiger charge is -2.18. The summed E-state index contributed by atoms with van der Waals surface area (Å²) in [5.41, 5.74) is 0.761. The molecule has 1 unspecified atom stereocenters. The van der Waals surface area contributed by atoms with E-state index in [0.29, 0.717) is 0 Å². The highest BCUT2D eigenvalue weighted by molar-refractivity contribution is 9.10. The maximum Gasteiger partial charge on any atom is 0.0988 e. The molecule has 0 saturated carbocycles. The highest BCUT2D eigenvalue weighted by Crippen LogP contribution is 2.28. The fraction of sp³-hybridized carbons (Fsp3) is 0.375. The number of hydrogen-bond acceptors (Lipinski definition) is 1. The van der Waals surface area contributed by atoms with E-state index < -0.39 is 0 Å². The molecule has 1 atom stereocenters. The van der Waals surface area contributed by atoms with Gasteiger partial charge in [-0.25, -0.2) is 0 Å². The molecule has 2 heteroatoms. The number of halogens is 1. The summed E-state index contributed by atoms with van der Waals surface area (Å²) in [4.78, 5) is 0. The van der Waals surface area contributed by atoms with E-state index in [1.54, 1.807) is 0 Å². The van der Waals surface area contributed by atoms with Crippen molar-refractivity contribution in [3.63, 3.8) is 0 Å². The van der Waals surface area contributed by atoms with Gasteiger partial charge in [0, 0.05) is 9.90 Å². The van der Waals surface area contributed by atoms with Crippen LogP contribution in [0.25, 0.3) is 0 Å². The van der Waals surface area contributed by atoms with Crippen molar-refractivity contribution >= 4 is 15.9 Å². The molecule has 0 radical (unpaired) electrons. The predicted octanol–water partition coefficient (Wildman–Crippen LogP) is 2.55. The Morgan fingerprint density at radius 2 is 2.50 bits per heavy atom. The first-order chi connectivity index (χ1) is 4.64. The van der Waals surface area contributed by atoms with Crippen molar-refractivity contribution in [3.8, 4) is 6.07 Å². The maximum atomic E-state index is 8.48. The molecular weight excluding hydrogens is 190 g/mol. The Hall–Kier alpha value is -0.550. The van der Waals surface area contributed by atoms with E-state index in [1.165, 1.54) is 0 Å². The first-order valence-electron chi connectivity index (χ1n) is 3.12. The summed E-state index contributed by atoms with van der Waals surface area (Å²) in [5, 5.41) is 8.48. The van der Waals surface area contributed by atoms with Crippen LogP contribution in [0.4, 0.5) is 0 Å². The third-order valence-electron chi connectivity index (χ3n) is 1.46. The SMILES string of the molecule is CC1(Br)C=CC(C#N)=CC1. The van der Waals surface area contributed by atoms with Crippen LogP contribution in [0.1, 0.15) is 13.3 Å². The highest BCUT2D eigenvalue weighted by Gasteiger charge is 2.17. The summed E-state index contributed by atoms with van der Waals surface area (Å²) >= 11 is 3.51. The molecule has 0 bridgehead atoms.